The Morgan fingerprint density at radius 2 is 1.94 bits per heavy atom. The molecule has 0 amide bonds. The van der Waals surface area contributed by atoms with E-state index < -0.39 is 0 Å². The smallest absolute Gasteiger partial charge is 0.334 e. The second kappa shape index (κ2) is 8.14. The number of rotatable bonds is 6. The van der Waals surface area contributed by atoms with Crippen molar-refractivity contribution in [2.45, 2.75) is 60.0 Å². The van der Waals surface area contributed by atoms with Crippen molar-refractivity contribution < 1.29 is 9.53 Å². The standard InChI is InChI=1S/C14H24O2/c1-6-7-8-9-10-12(4)13(5)14(15)16-11(2)3/h9-11H,6-8H2,1-5H3/b10-9+,13-12+. The molecule has 0 spiro atoms. The number of ether oxygens (including phenoxy) is 1. The lowest BCUT2D eigenvalue weighted by Crippen LogP contribution is -2.12. The highest BCUT2D eigenvalue weighted by Crippen LogP contribution is 2.09. The molecule has 92 valence electrons. The van der Waals surface area contributed by atoms with E-state index >= 15 is 0 Å². The summed E-state index contributed by atoms with van der Waals surface area (Å²) in [6.45, 7) is 9.64. The summed E-state index contributed by atoms with van der Waals surface area (Å²) in [5, 5.41) is 0. The van der Waals surface area contributed by atoms with Crippen molar-refractivity contribution in [3.8, 4) is 0 Å². The fraction of sp³-hybridized carbons (Fsp3) is 0.643. The van der Waals surface area contributed by atoms with Gasteiger partial charge in [-0.05, 0) is 39.7 Å². The van der Waals surface area contributed by atoms with E-state index in [0.717, 1.165) is 12.0 Å². The van der Waals surface area contributed by atoms with Crippen molar-refractivity contribution in [1.29, 1.82) is 0 Å². The van der Waals surface area contributed by atoms with Gasteiger partial charge in [-0.2, -0.15) is 0 Å². The van der Waals surface area contributed by atoms with Crippen molar-refractivity contribution in [2.24, 2.45) is 0 Å². The summed E-state index contributed by atoms with van der Waals surface area (Å²) in [6.07, 6.45) is 7.53. The topological polar surface area (TPSA) is 26.3 Å². The molecular formula is C14H24O2. The number of carbonyl (C=O) groups excluding carboxylic acids is 1. The second-order valence-electron chi connectivity index (χ2n) is 4.31. The molecule has 2 heteroatoms. The highest BCUT2D eigenvalue weighted by molar-refractivity contribution is 5.89. The Labute approximate surface area is 99.4 Å². The lowest BCUT2D eigenvalue weighted by Gasteiger charge is -2.09. The molecule has 0 N–H and O–H groups in total. The van der Waals surface area contributed by atoms with Crippen LogP contribution in [0.4, 0.5) is 0 Å². The number of unbranched alkanes of at least 4 members (excludes halogenated alkanes) is 2. The van der Waals surface area contributed by atoms with Gasteiger partial charge in [0.1, 0.15) is 0 Å². The zero-order valence-electron chi connectivity index (χ0n) is 11.2. The van der Waals surface area contributed by atoms with Gasteiger partial charge in [-0.15, -0.1) is 0 Å². The molecule has 0 rings (SSSR count). The predicted molar refractivity (Wildman–Crippen MR) is 68.3 cm³/mol. The molecule has 0 saturated carbocycles. The van der Waals surface area contributed by atoms with Crippen LogP contribution >= 0.6 is 0 Å². The SMILES string of the molecule is CCCC/C=C/C(C)=C(\C)C(=O)OC(C)C. The fourth-order valence-electron chi connectivity index (χ4n) is 1.17. The average molecular weight is 224 g/mol. The van der Waals surface area contributed by atoms with Gasteiger partial charge >= 0.3 is 5.97 Å². The summed E-state index contributed by atoms with van der Waals surface area (Å²) in [7, 11) is 0. The van der Waals surface area contributed by atoms with Crippen molar-refractivity contribution >= 4 is 5.97 Å². The van der Waals surface area contributed by atoms with Gasteiger partial charge in [-0.3, -0.25) is 0 Å². The van der Waals surface area contributed by atoms with Gasteiger partial charge in [-0.1, -0.05) is 31.9 Å². The van der Waals surface area contributed by atoms with Crippen LogP contribution in [-0.4, -0.2) is 12.1 Å². The van der Waals surface area contributed by atoms with Crippen LogP contribution in [0.3, 0.4) is 0 Å². The molecule has 0 saturated heterocycles. The van der Waals surface area contributed by atoms with Crippen molar-refractivity contribution in [3.63, 3.8) is 0 Å². The molecule has 2 nitrogen and oxygen atoms in total. The maximum absolute atomic E-state index is 11.6. The largest absolute Gasteiger partial charge is 0.460 e. The Bertz CT molecular complexity index is 272. The highest BCUT2D eigenvalue weighted by Gasteiger charge is 2.09. The number of esters is 1. The van der Waals surface area contributed by atoms with Gasteiger partial charge in [0.2, 0.25) is 0 Å². The maximum atomic E-state index is 11.6. The lowest BCUT2D eigenvalue weighted by molar-refractivity contribution is -0.142. The monoisotopic (exact) mass is 224 g/mol. The minimum atomic E-state index is -0.215. The van der Waals surface area contributed by atoms with E-state index in [4.69, 9.17) is 4.74 Å². The van der Waals surface area contributed by atoms with Crippen LogP contribution in [0, 0.1) is 0 Å². The third-order valence-corrected chi connectivity index (χ3v) is 2.33. The summed E-state index contributed by atoms with van der Waals surface area (Å²) >= 11 is 0. The summed E-state index contributed by atoms with van der Waals surface area (Å²) in [5.74, 6) is -0.215. The van der Waals surface area contributed by atoms with Crippen LogP contribution in [0.1, 0.15) is 53.9 Å². The van der Waals surface area contributed by atoms with E-state index in [-0.39, 0.29) is 12.1 Å². The van der Waals surface area contributed by atoms with Crippen LogP contribution in [0.25, 0.3) is 0 Å². The fourth-order valence-corrected chi connectivity index (χ4v) is 1.17. The molecule has 0 radical (unpaired) electrons. The molecule has 16 heavy (non-hydrogen) atoms. The summed E-state index contributed by atoms with van der Waals surface area (Å²) in [5.41, 5.74) is 1.68. The van der Waals surface area contributed by atoms with Gasteiger partial charge in [0, 0.05) is 5.57 Å². The first kappa shape index (κ1) is 14.9. The number of carbonyl (C=O) groups is 1. The van der Waals surface area contributed by atoms with Crippen molar-refractivity contribution in [2.75, 3.05) is 0 Å². The molecule has 0 aliphatic carbocycles. The minimum absolute atomic E-state index is 0.0562. The predicted octanol–water partition coefficient (Wildman–Crippen LogP) is 4.02. The van der Waals surface area contributed by atoms with E-state index in [1.165, 1.54) is 12.8 Å². The van der Waals surface area contributed by atoms with Crippen molar-refractivity contribution in [1.82, 2.24) is 0 Å². The molecule has 0 aliphatic heterocycles. The van der Waals surface area contributed by atoms with Gasteiger partial charge in [-0.25, -0.2) is 4.79 Å². The Morgan fingerprint density at radius 1 is 1.31 bits per heavy atom. The van der Waals surface area contributed by atoms with Gasteiger partial charge in [0.15, 0.2) is 0 Å². The lowest BCUT2D eigenvalue weighted by atomic mass is 10.1. The second-order valence-corrected chi connectivity index (χ2v) is 4.31. The number of hydrogen-bond acceptors (Lipinski definition) is 2. The highest BCUT2D eigenvalue weighted by atomic mass is 16.5. The maximum Gasteiger partial charge on any atom is 0.334 e. The van der Waals surface area contributed by atoms with Crippen LogP contribution < -0.4 is 0 Å². The molecule has 0 atom stereocenters. The molecule has 0 unspecified atom stereocenters. The van der Waals surface area contributed by atoms with Crippen molar-refractivity contribution in [3.05, 3.63) is 23.3 Å². The minimum Gasteiger partial charge on any atom is -0.460 e. The van der Waals surface area contributed by atoms with Crippen LogP contribution in [0.2, 0.25) is 0 Å². The first-order chi connectivity index (χ1) is 7.49. The van der Waals surface area contributed by atoms with Crippen LogP contribution in [0.5, 0.6) is 0 Å². The summed E-state index contributed by atoms with van der Waals surface area (Å²) in [6, 6.07) is 0. The van der Waals surface area contributed by atoms with Gasteiger partial charge in [0.25, 0.3) is 0 Å². The van der Waals surface area contributed by atoms with E-state index in [0.29, 0.717) is 5.57 Å². The summed E-state index contributed by atoms with van der Waals surface area (Å²) in [4.78, 5) is 11.6. The molecule has 0 bridgehead atoms. The summed E-state index contributed by atoms with van der Waals surface area (Å²) < 4.78 is 5.13. The van der Waals surface area contributed by atoms with E-state index in [1.54, 1.807) is 0 Å². The first-order valence-electron chi connectivity index (χ1n) is 6.04. The Hall–Kier alpha value is -1.05. The molecule has 0 heterocycles. The Kier molecular flexibility index (Phi) is 7.61. The quantitative estimate of drug-likeness (QED) is 0.295. The average Bonchev–Trinajstić information content (AvgIpc) is 2.22. The molecular weight excluding hydrogens is 200 g/mol. The van der Waals surface area contributed by atoms with E-state index in [1.807, 2.05) is 33.8 Å². The van der Waals surface area contributed by atoms with E-state index in [9.17, 15) is 4.79 Å². The zero-order valence-corrected chi connectivity index (χ0v) is 11.2. The molecule has 0 aromatic heterocycles. The molecule has 0 aliphatic rings. The Morgan fingerprint density at radius 3 is 2.44 bits per heavy atom. The third-order valence-electron chi connectivity index (χ3n) is 2.33. The van der Waals surface area contributed by atoms with Gasteiger partial charge < -0.3 is 4.74 Å². The normalized spacial score (nSPS) is 13.1. The Balaban J connectivity index is 4.33. The van der Waals surface area contributed by atoms with Crippen LogP contribution in [-0.2, 0) is 9.53 Å². The molecule has 0 aromatic carbocycles. The first-order valence-corrected chi connectivity index (χ1v) is 6.04. The third kappa shape index (κ3) is 6.44. The van der Waals surface area contributed by atoms with E-state index in [2.05, 4.69) is 13.0 Å². The molecule has 0 fully saturated rings. The number of allylic oxidation sites excluding steroid dienone is 3. The van der Waals surface area contributed by atoms with Crippen LogP contribution in [0.15, 0.2) is 23.3 Å². The zero-order chi connectivity index (χ0) is 12.6. The molecule has 0 aromatic rings. The van der Waals surface area contributed by atoms with Gasteiger partial charge in [0.05, 0.1) is 6.10 Å². The number of hydrogen-bond donors (Lipinski definition) is 0.